The number of carbonyl (C=O) groups is 1. The number of ether oxygens (including phenoxy) is 1. The summed E-state index contributed by atoms with van der Waals surface area (Å²) in [7, 11) is 0. The maximum atomic E-state index is 12.1. The molecule has 2 heterocycles. The summed E-state index contributed by atoms with van der Waals surface area (Å²) in [6, 6.07) is 11.2. The van der Waals surface area contributed by atoms with Crippen LogP contribution in [-0.4, -0.2) is 29.6 Å². The zero-order chi connectivity index (χ0) is 13.9. The first-order chi connectivity index (χ1) is 9.81. The van der Waals surface area contributed by atoms with Gasteiger partial charge in [0.2, 0.25) is 0 Å². The minimum absolute atomic E-state index is 0.0158. The summed E-state index contributed by atoms with van der Waals surface area (Å²) >= 11 is 0. The van der Waals surface area contributed by atoms with Crippen LogP contribution in [0.3, 0.4) is 0 Å². The van der Waals surface area contributed by atoms with Crippen molar-refractivity contribution >= 4 is 5.97 Å². The van der Waals surface area contributed by atoms with Crippen molar-refractivity contribution in [1.82, 2.24) is 4.90 Å². The first kappa shape index (κ1) is 13.6. The zero-order valence-electron chi connectivity index (χ0n) is 12.1. The van der Waals surface area contributed by atoms with E-state index in [1.807, 2.05) is 6.07 Å². The molecule has 1 aromatic rings. The van der Waals surface area contributed by atoms with Gasteiger partial charge in [-0.25, -0.2) is 0 Å². The second kappa shape index (κ2) is 5.96. The predicted octanol–water partition coefficient (Wildman–Crippen LogP) is 3.31. The van der Waals surface area contributed by atoms with E-state index in [0.717, 1.165) is 12.8 Å². The lowest BCUT2D eigenvalue weighted by Crippen LogP contribution is -2.56. The molecule has 0 amide bonds. The van der Waals surface area contributed by atoms with Gasteiger partial charge < -0.3 is 4.74 Å². The molecule has 0 N–H and O–H groups in total. The first-order valence-electron chi connectivity index (χ1n) is 7.80. The highest BCUT2D eigenvalue weighted by Crippen LogP contribution is 2.37. The Morgan fingerprint density at radius 2 is 2.00 bits per heavy atom. The van der Waals surface area contributed by atoms with Crippen LogP contribution >= 0.6 is 0 Å². The van der Waals surface area contributed by atoms with Gasteiger partial charge in [-0.2, -0.15) is 0 Å². The fourth-order valence-corrected chi connectivity index (χ4v) is 3.72. The minimum Gasteiger partial charge on any atom is -0.462 e. The molecule has 0 aliphatic carbocycles. The first-order valence-corrected chi connectivity index (χ1v) is 7.80. The summed E-state index contributed by atoms with van der Waals surface area (Å²) in [5, 5.41) is 0. The smallest absolute Gasteiger partial charge is 0.323 e. The third kappa shape index (κ3) is 2.47. The summed E-state index contributed by atoms with van der Waals surface area (Å²) in [5.41, 5.74) is 1.27. The summed E-state index contributed by atoms with van der Waals surface area (Å²) in [6.07, 6.45) is 5.64. The fraction of sp³-hybridized carbons (Fsp3) is 0.588. The molecule has 0 aromatic heterocycles. The van der Waals surface area contributed by atoms with Gasteiger partial charge in [0.1, 0.15) is 12.6 Å². The van der Waals surface area contributed by atoms with E-state index in [9.17, 15) is 4.79 Å². The number of hydrogen-bond donors (Lipinski definition) is 0. The van der Waals surface area contributed by atoms with Crippen LogP contribution in [0.2, 0.25) is 0 Å². The molecule has 108 valence electrons. The standard InChI is InChI=1S/C17H23NO2/c1-2-7-14-10-6-11-15-17(19)20-12-16(18(14)15)13-8-4-3-5-9-13/h3-5,8-9,14-16H,2,6-7,10-12H2,1H3/t14-,15+,16-/m1/s1. The van der Waals surface area contributed by atoms with E-state index in [0.29, 0.717) is 12.6 Å². The Hall–Kier alpha value is -1.35. The molecule has 0 spiro atoms. The monoisotopic (exact) mass is 273 g/mol. The highest BCUT2D eigenvalue weighted by Gasteiger charge is 2.43. The Morgan fingerprint density at radius 3 is 2.75 bits per heavy atom. The van der Waals surface area contributed by atoms with Crippen LogP contribution in [-0.2, 0) is 9.53 Å². The average molecular weight is 273 g/mol. The van der Waals surface area contributed by atoms with Gasteiger partial charge >= 0.3 is 5.97 Å². The Labute approximate surface area is 120 Å². The van der Waals surface area contributed by atoms with E-state index in [-0.39, 0.29) is 18.1 Å². The number of rotatable bonds is 3. The number of benzene rings is 1. The number of nitrogens with zero attached hydrogens (tertiary/aromatic N) is 1. The van der Waals surface area contributed by atoms with Crippen molar-refractivity contribution in [2.75, 3.05) is 6.61 Å². The van der Waals surface area contributed by atoms with Gasteiger partial charge in [0, 0.05) is 6.04 Å². The largest absolute Gasteiger partial charge is 0.462 e. The van der Waals surface area contributed by atoms with E-state index in [1.165, 1.54) is 24.8 Å². The van der Waals surface area contributed by atoms with Crippen molar-refractivity contribution in [3.8, 4) is 0 Å². The van der Waals surface area contributed by atoms with Crippen molar-refractivity contribution < 1.29 is 9.53 Å². The number of cyclic esters (lactones) is 1. The molecule has 2 aliphatic rings. The quantitative estimate of drug-likeness (QED) is 0.791. The van der Waals surface area contributed by atoms with Crippen LogP contribution in [0.1, 0.15) is 50.6 Å². The minimum atomic E-state index is -0.0285. The second-order valence-electron chi connectivity index (χ2n) is 5.89. The van der Waals surface area contributed by atoms with Crippen LogP contribution in [0.25, 0.3) is 0 Å². The highest BCUT2D eigenvalue weighted by molar-refractivity contribution is 5.77. The lowest BCUT2D eigenvalue weighted by atomic mass is 9.88. The maximum Gasteiger partial charge on any atom is 0.323 e. The Balaban J connectivity index is 1.90. The number of piperidine rings is 1. The van der Waals surface area contributed by atoms with Crippen molar-refractivity contribution in [3.05, 3.63) is 35.9 Å². The zero-order valence-corrected chi connectivity index (χ0v) is 12.1. The van der Waals surface area contributed by atoms with E-state index >= 15 is 0 Å². The van der Waals surface area contributed by atoms with Crippen molar-refractivity contribution in [2.45, 2.75) is 57.2 Å². The van der Waals surface area contributed by atoms with Crippen molar-refractivity contribution in [1.29, 1.82) is 0 Å². The van der Waals surface area contributed by atoms with Crippen LogP contribution in [0.4, 0.5) is 0 Å². The molecule has 0 bridgehead atoms. The normalized spacial score (nSPS) is 30.6. The predicted molar refractivity (Wildman–Crippen MR) is 78.3 cm³/mol. The van der Waals surface area contributed by atoms with E-state index in [4.69, 9.17) is 4.74 Å². The van der Waals surface area contributed by atoms with Crippen LogP contribution in [0.15, 0.2) is 30.3 Å². The summed E-state index contributed by atoms with van der Waals surface area (Å²) in [4.78, 5) is 14.5. The van der Waals surface area contributed by atoms with Gasteiger partial charge in [0.25, 0.3) is 0 Å². The van der Waals surface area contributed by atoms with Gasteiger partial charge in [-0.15, -0.1) is 0 Å². The summed E-state index contributed by atoms with van der Waals surface area (Å²) in [6.45, 7) is 2.73. The topological polar surface area (TPSA) is 29.5 Å². The molecule has 3 rings (SSSR count). The molecule has 3 atom stereocenters. The molecule has 2 fully saturated rings. The van der Waals surface area contributed by atoms with Crippen molar-refractivity contribution in [2.24, 2.45) is 0 Å². The van der Waals surface area contributed by atoms with Crippen molar-refractivity contribution in [3.63, 3.8) is 0 Å². The molecule has 0 saturated carbocycles. The summed E-state index contributed by atoms with van der Waals surface area (Å²) < 4.78 is 5.46. The number of esters is 1. The average Bonchev–Trinajstić information content (AvgIpc) is 2.50. The molecule has 20 heavy (non-hydrogen) atoms. The molecule has 2 saturated heterocycles. The molecule has 3 nitrogen and oxygen atoms in total. The number of morpholine rings is 1. The SMILES string of the molecule is CCC[C@@H]1CCC[C@H]2C(=O)OC[C@H](c3ccccc3)N12. The van der Waals surface area contributed by atoms with Gasteiger partial charge in [-0.05, 0) is 31.2 Å². The third-order valence-electron chi connectivity index (χ3n) is 4.62. The van der Waals surface area contributed by atoms with Crippen LogP contribution in [0, 0.1) is 0 Å². The maximum absolute atomic E-state index is 12.1. The van der Waals surface area contributed by atoms with E-state index in [2.05, 4.69) is 36.1 Å². The Morgan fingerprint density at radius 1 is 1.20 bits per heavy atom. The van der Waals surface area contributed by atoms with E-state index < -0.39 is 0 Å². The highest BCUT2D eigenvalue weighted by atomic mass is 16.5. The second-order valence-corrected chi connectivity index (χ2v) is 5.89. The van der Waals surface area contributed by atoms with Gasteiger partial charge in [-0.1, -0.05) is 43.7 Å². The van der Waals surface area contributed by atoms with Gasteiger partial charge in [-0.3, -0.25) is 9.69 Å². The molecular weight excluding hydrogens is 250 g/mol. The lowest BCUT2D eigenvalue weighted by molar-refractivity contribution is -0.169. The third-order valence-corrected chi connectivity index (χ3v) is 4.62. The molecule has 2 aliphatic heterocycles. The lowest BCUT2D eigenvalue weighted by Gasteiger charge is -2.48. The van der Waals surface area contributed by atoms with Gasteiger partial charge in [0.15, 0.2) is 0 Å². The number of carbonyl (C=O) groups excluding carboxylic acids is 1. The fourth-order valence-electron chi connectivity index (χ4n) is 3.72. The van der Waals surface area contributed by atoms with Crippen LogP contribution < -0.4 is 0 Å². The molecular formula is C17H23NO2. The van der Waals surface area contributed by atoms with Crippen LogP contribution in [0.5, 0.6) is 0 Å². The number of hydrogen-bond acceptors (Lipinski definition) is 3. The van der Waals surface area contributed by atoms with E-state index in [1.54, 1.807) is 0 Å². The molecule has 1 aromatic carbocycles. The molecule has 0 radical (unpaired) electrons. The Kier molecular flexibility index (Phi) is 4.06. The number of fused-ring (bicyclic) bond motifs is 1. The Bertz CT molecular complexity index is 457. The molecule has 3 heteroatoms. The molecule has 0 unspecified atom stereocenters. The summed E-state index contributed by atoms with van der Waals surface area (Å²) in [5.74, 6) is -0.0158. The van der Waals surface area contributed by atoms with Gasteiger partial charge in [0.05, 0.1) is 6.04 Å².